The second-order valence-electron chi connectivity index (χ2n) is 10.8. The molecule has 0 saturated carbocycles. The Hall–Kier alpha value is -3.50. The molecule has 5 rings (SSSR count). The van der Waals surface area contributed by atoms with Gasteiger partial charge >= 0.3 is 5.97 Å². The van der Waals surface area contributed by atoms with Crippen LogP contribution in [0.2, 0.25) is 5.02 Å². The molecule has 0 bridgehead atoms. The van der Waals surface area contributed by atoms with Gasteiger partial charge in [0.2, 0.25) is 0 Å². The second-order valence-corrected chi connectivity index (χ2v) is 11.2. The summed E-state index contributed by atoms with van der Waals surface area (Å²) in [6, 6.07) is 14.5. The van der Waals surface area contributed by atoms with Crippen LogP contribution in [-0.2, 0) is 17.9 Å². The van der Waals surface area contributed by atoms with Crippen molar-refractivity contribution in [1.29, 1.82) is 0 Å². The normalized spacial score (nSPS) is 15.6. The molecule has 230 valence electrons. The van der Waals surface area contributed by atoms with Crippen molar-refractivity contribution < 1.29 is 34.0 Å². The summed E-state index contributed by atoms with van der Waals surface area (Å²) in [6.07, 6.45) is 3.65. The van der Waals surface area contributed by atoms with Gasteiger partial charge < -0.3 is 29.2 Å². The van der Waals surface area contributed by atoms with E-state index in [1.54, 1.807) is 12.1 Å². The van der Waals surface area contributed by atoms with E-state index in [9.17, 15) is 15.0 Å². The number of fused-ring (bicyclic) bond motifs is 1. The van der Waals surface area contributed by atoms with E-state index in [4.69, 9.17) is 30.5 Å². The Balaban J connectivity index is 1.32. The number of aliphatic carboxylic acids is 1. The van der Waals surface area contributed by atoms with Crippen molar-refractivity contribution in [2.75, 3.05) is 46.1 Å². The average molecular weight is 611 g/mol. The largest absolute Gasteiger partial charge is 0.492 e. The van der Waals surface area contributed by atoms with Crippen LogP contribution in [0.25, 0.3) is 11.1 Å². The molecule has 43 heavy (non-hydrogen) atoms. The topological polar surface area (TPSA) is 110 Å². The van der Waals surface area contributed by atoms with Crippen LogP contribution >= 0.6 is 11.6 Å². The number of ether oxygens (including phenoxy) is 4. The summed E-state index contributed by atoms with van der Waals surface area (Å²) < 4.78 is 23.9. The molecule has 0 radical (unpaired) electrons. The smallest absolute Gasteiger partial charge is 0.323 e. The van der Waals surface area contributed by atoms with E-state index in [-0.39, 0.29) is 6.54 Å². The molecule has 1 unspecified atom stereocenters. The number of carbonyl (C=O) groups is 1. The van der Waals surface area contributed by atoms with Crippen molar-refractivity contribution in [3.63, 3.8) is 0 Å². The van der Waals surface area contributed by atoms with Gasteiger partial charge in [0, 0.05) is 24.7 Å². The van der Waals surface area contributed by atoms with E-state index >= 15 is 0 Å². The first kappa shape index (κ1) is 30.9. The quantitative estimate of drug-likeness (QED) is 0.244. The third-order valence-corrected chi connectivity index (χ3v) is 8.23. The predicted octanol–water partition coefficient (Wildman–Crippen LogP) is 5.07. The molecule has 0 spiro atoms. The van der Waals surface area contributed by atoms with Crippen molar-refractivity contribution in [2.24, 2.45) is 0 Å². The minimum Gasteiger partial charge on any atom is -0.492 e. The number of carboxylic acid groups (broad SMARTS) is 1. The van der Waals surface area contributed by atoms with Crippen LogP contribution in [0.3, 0.4) is 0 Å². The van der Waals surface area contributed by atoms with Gasteiger partial charge in [-0.1, -0.05) is 42.3 Å². The highest BCUT2D eigenvalue weighted by atomic mass is 35.5. The number of rotatable bonds is 13. The molecule has 0 amide bonds. The SMILES string of the molecule is Cc1c(COc2cc(OCCN3CCCCC3)c(CNC(CO)C(=O)O)cc2Cl)cccc1-c1ccc2c(c1)OCCO2. The molecule has 1 saturated heterocycles. The third kappa shape index (κ3) is 7.92. The molecule has 3 aromatic rings. The van der Waals surface area contributed by atoms with Gasteiger partial charge in [0.15, 0.2) is 11.5 Å². The number of aliphatic hydroxyl groups excluding tert-OH is 1. The Bertz CT molecular complexity index is 1410. The van der Waals surface area contributed by atoms with E-state index < -0.39 is 18.6 Å². The molecular formula is C33H39ClN2O7. The van der Waals surface area contributed by atoms with Crippen LogP contribution in [0.1, 0.15) is 36.0 Å². The molecule has 0 aromatic heterocycles. The lowest BCUT2D eigenvalue weighted by atomic mass is 9.96. The molecule has 1 fully saturated rings. The Morgan fingerprint density at radius 3 is 2.56 bits per heavy atom. The first-order chi connectivity index (χ1) is 20.9. The van der Waals surface area contributed by atoms with E-state index in [1.165, 1.54) is 19.3 Å². The summed E-state index contributed by atoms with van der Waals surface area (Å²) in [5, 5.41) is 22.0. The molecule has 2 heterocycles. The first-order valence-electron chi connectivity index (χ1n) is 14.8. The van der Waals surface area contributed by atoms with Gasteiger partial charge in [-0.2, -0.15) is 0 Å². The van der Waals surface area contributed by atoms with Crippen LogP contribution in [-0.4, -0.2) is 73.2 Å². The van der Waals surface area contributed by atoms with Crippen molar-refractivity contribution in [3.05, 3.63) is 70.2 Å². The van der Waals surface area contributed by atoms with Crippen LogP contribution in [0.5, 0.6) is 23.0 Å². The monoisotopic (exact) mass is 610 g/mol. The number of carboxylic acids is 1. The summed E-state index contributed by atoms with van der Waals surface area (Å²) in [5.41, 5.74) is 4.88. The summed E-state index contributed by atoms with van der Waals surface area (Å²) in [5.74, 6) is 1.40. The van der Waals surface area contributed by atoms with Gasteiger partial charge in [0.25, 0.3) is 0 Å². The van der Waals surface area contributed by atoms with Gasteiger partial charge in [0.1, 0.15) is 44.0 Å². The van der Waals surface area contributed by atoms with Crippen molar-refractivity contribution in [2.45, 2.75) is 45.4 Å². The van der Waals surface area contributed by atoms with Gasteiger partial charge in [-0.25, -0.2) is 0 Å². The van der Waals surface area contributed by atoms with E-state index in [1.807, 2.05) is 30.3 Å². The maximum Gasteiger partial charge on any atom is 0.323 e. The van der Waals surface area contributed by atoms with Crippen LogP contribution in [0.15, 0.2) is 48.5 Å². The fraction of sp³-hybridized carbons (Fsp3) is 0.424. The van der Waals surface area contributed by atoms with E-state index in [0.717, 1.165) is 53.4 Å². The van der Waals surface area contributed by atoms with Crippen molar-refractivity contribution >= 4 is 17.6 Å². The van der Waals surface area contributed by atoms with Gasteiger partial charge in [-0.3, -0.25) is 15.0 Å². The minimum absolute atomic E-state index is 0.160. The highest BCUT2D eigenvalue weighted by Crippen LogP contribution is 2.37. The van der Waals surface area contributed by atoms with Gasteiger partial charge in [0.05, 0.1) is 11.6 Å². The highest BCUT2D eigenvalue weighted by Gasteiger charge is 2.19. The number of halogens is 1. The number of nitrogens with zero attached hydrogens (tertiary/aromatic N) is 1. The maximum atomic E-state index is 11.4. The summed E-state index contributed by atoms with van der Waals surface area (Å²) in [6.45, 7) is 6.48. The van der Waals surface area contributed by atoms with Crippen molar-refractivity contribution in [1.82, 2.24) is 10.2 Å². The molecule has 3 aromatic carbocycles. The number of likely N-dealkylation sites (tertiary alicyclic amines) is 1. The Kier molecular flexibility index (Phi) is 10.6. The zero-order valence-corrected chi connectivity index (χ0v) is 25.2. The van der Waals surface area contributed by atoms with E-state index in [0.29, 0.717) is 48.5 Å². The lowest BCUT2D eigenvalue weighted by Gasteiger charge is -2.26. The molecular weight excluding hydrogens is 572 g/mol. The second kappa shape index (κ2) is 14.8. The summed E-state index contributed by atoms with van der Waals surface area (Å²) in [4.78, 5) is 13.8. The maximum absolute atomic E-state index is 11.4. The highest BCUT2D eigenvalue weighted by molar-refractivity contribution is 6.32. The van der Waals surface area contributed by atoms with Crippen LogP contribution < -0.4 is 24.3 Å². The predicted molar refractivity (Wildman–Crippen MR) is 165 cm³/mol. The number of hydrogen-bond donors (Lipinski definition) is 3. The van der Waals surface area contributed by atoms with E-state index in [2.05, 4.69) is 23.2 Å². The molecule has 10 heteroatoms. The zero-order chi connectivity index (χ0) is 30.2. The van der Waals surface area contributed by atoms with Gasteiger partial charge in [-0.05, 0) is 73.3 Å². The van der Waals surface area contributed by atoms with Gasteiger partial charge in [-0.15, -0.1) is 0 Å². The zero-order valence-electron chi connectivity index (χ0n) is 24.4. The number of nitrogens with one attached hydrogen (secondary N) is 1. The number of piperidine rings is 1. The number of aliphatic hydroxyl groups is 1. The Labute approximate surface area is 257 Å². The lowest BCUT2D eigenvalue weighted by Crippen LogP contribution is -2.39. The fourth-order valence-electron chi connectivity index (χ4n) is 5.41. The molecule has 3 N–H and O–H groups in total. The fourth-order valence-corrected chi connectivity index (χ4v) is 5.65. The molecule has 2 aliphatic rings. The first-order valence-corrected chi connectivity index (χ1v) is 15.2. The Morgan fingerprint density at radius 2 is 1.79 bits per heavy atom. The average Bonchev–Trinajstić information content (AvgIpc) is 3.02. The molecule has 1 atom stereocenters. The summed E-state index contributed by atoms with van der Waals surface area (Å²) in [7, 11) is 0. The number of benzene rings is 3. The standard InChI is InChI=1S/C33H39ClN2O7/c1-22-24(6-5-7-26(22)23-8-9-29-32(17-23)42-15-14-41-29)21-43-31-18-30(40-13-12-36-10-3-2-4-11-36)25(16-27(31)34)19-35-28(20-37)33(38)39/h5-9,16-18,28,35,37H,2-4,10-15,19-21H2,1H3,(H,38,39). The van der Waals surface area contributed by atoms with Crippen LogP contribution in [0.4, 0.5) is 0 Å². The lowest BCUT2D eigenvalue weighted by molar-refractivity contribution is -0.140. The molecule has 2 aliphatic heterocycles. The molecule has 9 nitrogen and oxygen atoms in total. The van der Waals surface area contributed by atoms with Crippen LogP contribution in [0, 0.1) is 6.92 Å². The molecule has 0 aliphatic carbocycles. The number of hydrogen-bond acceptors (Lipinski definition) is 8. The minimum atomic E-state index is -1.13. The van der Waals surface area contributed by atoms with Crippen molar-refractivity contribution in [3.8, 4) is 34.1 Å². The Morgan fingerprint density at radius 1 is 1.00 bits per heavy atom. The summed E-state index contributed by atoms with van der Waals surface area (Å²) >= 11 is 6.66. The third-order valence-electron chi connectivity index (χ3n) is 7.93.